The van der Waals surface area contributed by atoms with Crippen molar-refractivity contribution >= 4 is 11.8 Å². The van der Waals surface area contributed by atoms with Crippen LogP contribution in [0.5, 0.6) is 0 Å². The van der Waals surface area contributed by atoms with Crippen molar-refractivity contribution in [2.45, 2.75) is 31.8 Å². The summed E-state index contributed by atoms with van der Waals surface area (Å²) in [5.41, 5.74) is 1.34. The third-order valence-corrected chi connectivity index (χ3v) is 3.68. The summed E-state index contributed by atoms with van der Waals surface area (Å²) in [5.74, 6) is -0.578. The Morgan fingerprint density at radius 2 is 2.16 bits per heavy atom. The zero-order valence-electron chi connectivity index (χ0n) is 11.0. The van der Waals surface area contributed by atoms with Crippen LogP contribution in [-0.4, -0.2) is 30.1 Å². The van der Waals surface area contributed by atoms with Crippen LogP contribution in [0.15, 0.2) is 24.3 Å². The summed E-state index contributed by atoms with van der Waals surface area (Å²) in [5, 5.41) is 9.92. The van der Waals surface area contributed by atoms with E-state index in [9.17, 15) is 14.7 Å². The van der Waals surface area contributed by atoms with Crippen LogP contribution in [0.4, 0.5) is 0 Å². The molecule has 0 aromatic heterocycles. The topological polar surface area (TPSA) is 63.6 Å². The van der Waals surface area contributed by atoms with Gasteiger partial charge < -0.3 is 9.84 Å². The maximum Gasteiger partial charge on any atom is 0.338 e. The van der Waals surface area contributed by atoms with Crippen LogP contribution in [0.25, 0.3) is 0 Å². The highest BCUT2D eigenvalue weighted by Crippen LogP contribution is 2.26. The molecule has 2 atom stereocenters. The Morgan fingerprint density at radius 3 is 2.89 bits per heavy atom. The molecule has 0 heterocycles. The molecule has 0 saturated heterocycles. The number of benzene rings is 1. The molecule has 1 aliphatic rings. The minimum atomic E-state index is -0.903. The molecule has 1 saturated carbocycles. The van der Waals surface area contributed by atoms with E-state index in [0.717, 1.165) is 18.4 Å². The lowest BCUT2D eigenvalue weighted by molar-refractivity contribution is -0.132. The van der Waals surface area contributed by atoms with Crippen LogP contribution in [-0.2, 0) is 16.0 Å². The zero-order valence-corrected chi connectivity index (χ0v) is 11.0. The molecule has 2 rings (SSSR count). The monoisotopic (exact) mass is 262 g/mol. The van der Waals surface area contributed by atoms with E-state index in [-0.39, 0.29) is 17.7 Å². The minimum absolute atomic E-state index is 0.0909. The average Bonchev–Trinajstić information content (AvgIpc) is 2.43. The van der Waals surface area contributed by atoms with Gasteiger partial charge in [-0.15, -0.1) is 0 Å². The van der Waals surface area contributed by atoms with Gasteiger partial charge in [0.1, 0.15) is 6.10 Å². The number of methoxy groups -OCH3 is 1. The number of ether oxygens (including phenoxy) is 1. The Labute approximate surface area is 112 Å². The van der Waals surface area contributed by atoms with E-state index in [4.69, 9.17) is 4.74 Å². The number of aliphatic hydroxyl groups excluding tert-OH is 1. The first-order valence-corrected chi connectivity index (χ1v) is 6.50. The number of aliphatic hydroxyl groups is 1. The third kappa shape index (κ3) is 3.01. The quantitative estimate of drug-likeness (QED) is 0.843. The van der Waals surface area contributed by atoms with Crippen molar-refractivity contribution in [2.24, 2.45) is 5.92 Å². The van der Waals surface area contributed by atoms with E-state index in [1.807, 2.05) is 12.1 Å². The number of esters is 1. The first-order chi connectivity index (χ1) is 9.13. The van der Waals surface area contributed by atoms with Crippen molar-refractivity contribution < 1.29 is 19.4 Å². The predicted octanol–water partition coefficient (Wildman–Crippen LogP) is 1.75. The van der Waals surface area contributed by atoms with Gasteiger partial charge in [-0.2, -0.15) is 0 Å². The van der Waals surface area contributed by atoms with Gasteiger partial charge in [0.15, 0.2) is 5.78 Å². The lowest BCUT2D eigenvalue weighted by atomic mass is 9.81. The summed E-state index contributed by atoms with van der Waals surface area (Å²) in [6, 6.07) is 7.17. The lowest BCUT2D eigenvalue weighted by Gasteiger charge is -2.26. The van der Waals surface area contributed by atoms with Crippen molar-refractivity contribution in [3.8, 4) is 0 Å². The maximum atomic E-state index is 11.7. The first kappa shape index (κ1) is 13.7. The van der Waals surface area contributed by atoms with Gasteiger partial charge in [-0.1, -0.05) is 18.2 Å². The van der Waals surface area contributed by atoms with Crippen LogP contribution in [0.2, 0.25) is 0 Å². The van der Waals surface area contributed by atoms with Gasteiger partial charge in [-0.3, -0.25) is 4.79 Å². The predicted molar refractivity (Wildman–Crippen MR) is 69.8 cm³/mol. The fraction of sp³-hybridized carbons (Fsp3) is 0.467. The van der Waals surface area contributed by atoms with Crippen molar-refractivity contribution in [3.63, 3.8) is 0 Å². The zero-order chi connectivity index (χ0) is 13.8. The fourth-order valence-corrected chi connectivity index (χ4v) is 2.61. The number of hydrogen-bond donors (Lipinski definition) is 1. The molecule has 1 aromatic carbocycles. The van der Waals surface area contributed by atoms with Gasteiger partial charge in [-0.25, -0.2) is 4.79 Å². The van der Waals surface area contributed by atoms with Crippen LogP contribution in [0.1, 0.15) is 35.2 Å². The highest BCUT2D eigenvalue weighted by atomic mass is 16.5. The number of hydrogen-bond acceptors (Lipinski definition) is 4. The fourth-order valence-electron chi connectivity index (χ4n) is 2.61. The molecule has 102 valence electrons. The summed E-state index contributed by atoms with van der Waals surface area (Å²) < 4.78 is 4.75. The summed E-state index contributed by atoms with van der Waals surface area (Å²) in [6.45, 7) is 0. The largest absolute Gasteiger partial charge is 0.465 e. The average molecular weight is 262 g/mol. The first-order valence-electron chi connectivity index (χ1n) is 6.50. The second-order valence-corrected chi connectivity index (χ2v) is 4.92. The van der Waals surface area contributed by atoms with Crippen LogP contribution in [0, 0.1) is 5.92 Å². The molecule has 0 aliphatic heterocycles. The number of carbonyl (C=O) groups is 2. The summed E-state index contributed by atoms with van der Waals surface area (Å²) in [6.07, 6.45) is 1.69. The van der Waals surface area contributed by atoms with Gasteiger partial charge in [0.2, 0.25) is 0 Å². The van der Waals surface area contributed by atoms with Crippen LogP contribution < -0.4 is 0 Å². The van der Waals surface area contributed by atoms with Crippen molar-refractivity contribution in [1.29, 1.82) is 0 Å². The van der Waals surface area contributed by atoms with Crippen molar-refractivity contribution in [2.75, 3.05) is 7.11 Å². The molecule has 0 bridgehead atoms. The second kappa shape index (κ2) is 5.97. The molecule has 0 spiro atoms. The Morgan fingerprint density at radius 1 is 1.42 bits per heavy atom. The minimum Gasteiger partial charge on any atom is -0.465 e. The maximum absolute atomic E-state index is 11.7. The van der Waals surface area contributed by atoms with Crippen LogP contribution >= 0.6 is 0 Å². The van der Waals surface area contributed by atoms with E-state index < -0.39 is 6.10 Å². The molecule has 0 amide bonds. The van der Waals surface area contributed by atoms with Gasteiger partial charge in [0.25, 0.3) is 0 Å². The number of Topliss-reactive ketones (excluding diaryl/α,β-unsaturated/α-hetero) is 1. The highest BCUT2D eigenvalue weighted by Gasteiger charge is 2.30. The molecular formula is C15H18O4. The third-order valence-electron chi connectivity index (χ3n) is 3.68. The Balaban J connectivity index is 2.19. The molecule has 1 fully saturated rings. The van der Waals surface area contributed by atoms with E-state index in [1.54, 1.807) is 12.1 Å². The Kier molecular flexibility index (Phi) is 4.32. The highest BCUT2D eigenvalue weighted by molar-refractivity contribution is 5.91. The molecule has 4 nitrogen and oxygen atoms in total. The summed E-state index contributed by atoms with van der Waals surface area (Å²) in [7, 11) is 1.35. The smallest absolute Gasteiger partial charge is 0.338 e. The summed E-state index contributed by atoms with van der Waals surface area (Å²) in [4.78, 5) is 23.2. The number of carbonyl (C=O) groups excluding carboxylic acids is 2. The normalized spacial score (nSPS) is 23.2. The number of rotatable bonds is 3. The molecule has 2 unspecified atom stereocenters. The molecule has 1 aliphatic carbocycles. The van der Waals surface area contributed by atoms with E-state index in [1.165, 1.54) is 7.11 Å². The summed E-state index contributed by atoms with van der Waals surface area (Å²) >= 11 is 0. The van der Waals surface area contributed by atoms with Gasteiger partial charge in [-0.05, 0) is 36.8 Å². The second-order valence-electron chi connectivity index (χ2n) is 4.92. The molecule has 19 heavy (non-hydrogen) atoms. The SMILES string of the molecule is COC(=O)c1ccccc1CC1CCCC(=O)C1O. The molecular weight excluding hydrogens is 244 g/mol. The standard InChI is InChI=1S/C15H18O4/c1-19-15(18)12-7-3-2-5-10(12)9-11-6-4-8-13(16)14(11)17/h2-3,5,7,11,14,17H,4,6,8-9H2,1H3. The Hall–Kier alpha value is -1.68. The number of ketones is 1. The van der Waals surface area contributed by atoms with Gasteiger partial charge in [0, 0.05) is 6.42 Å². The van der Waals surface area contributed by atoms with E-state index in [2.05, 4.69) is 0 Å². The van der Waals surface area contributed by atoms with Crippen molar-refractivity contribution in [3.05, 3.63) is 35.4 Å². The van der Waals surface area contributed by atoms with E-state index >= 15 is 0 Å². The van der Waals surface area contributed by atoms with E-state index in [0.29, 0.717) is 18.4 Å². The Bertz CT molecular complexity index is 481. The van der Waals surface area contributed by atoms with Gasteiger partial charge in [0.05, 0.1) is 12.7 Å². The van der Waals surface area contributed by atoms with Gasteiger partial charge >= 0.3 is 5.97 Å². The molecule has 1 N–H and O–H groups in total. The lowest BCUT2D eigenvalue weighted by Crippen LogP contribution is -2.35. The molecule has 4 heteroatoms. The molecule has 0 radical (unpaired) electrons. The van der Waals surface area contributed by atoms with Crippen molar-refractivity contribution in [1.82, 2.24) is 0 Å². The van der Waals surface area contributed by atoms with Crippen LogP contribution in [0.3, 0.4) is 0 Å². The molecule has 1 aromatic rings.